The Morgan fingerprint density at radius 1 is 1.26 bits per heavy atom. The molecule has 0 saturated heterocycles. The molecule has 1 saturated carbocycles. The molecule has 2 aromatic rings. The number of hydrogen-bond donors (Lipinski definition) is 2. The molecule has 7 heteroatoms. The molecule has 1 fully saturated rings. The van der Waals surface area contributed by atoms with E-state index in [0.717, 1.165) is 22.3 Å². The quantitative estimate of drug-likeness (QED) is 0.881. The van der Waals surface area contributed by atoms with Crippen LogP contribution in [0.3, 0.4) is 0 Å². The molecule has 2 N–H and O–H groups in total. The molecule has 1 aromatic carbocycles. The molecule has 0 aliphatic heterocycles. The highest BCUT2D eigenvalue weighted by Gasteiger charge is 2.45. The summed E-state index contributed by atoms with van der Waals surface area (Å²) in [7, 11) is 0. The van der Waals surface area contributed by atoms with Gasteiger partial charge in [0.05, 0.1) is 6.54 Å². The van der Waals surface area contributed by atoms with Crippen molar-refractivity contribution in [2.24, 2.45) is 5.92 Å². The lowest BCUT2D eigenvalue weighted by molar-refractivity contribution is -0.122. The van der Waals surface area contributed by atoms with Gasteiger partial charge in [-0.1, -0.05) is 12.1 Å². The summed E-state index contributed by atoms with van der Waals surface area (Å²) >= 11 is 1.09. The van der Waals surface area contributed by atoms with Gasteiger partial charge in [-0.25, -0.2) is 13.6 Å². The number of aromatic carboxylic acids is 1. The summed E-state index contributed by atoms with van der Waals surface area (Å²) in [4.78, 5) is 23.8. The van der Waals surface area contributed by atoms with Crippen LogP contribution in [0.15, 0.2) is 30.3 Å². The van der Waals surface area contributed by atoms with E-state index in [9.17, 15) is 18.4 Å². The van der Waals surface area contributed by atoms with Crippen LogP contribution < -0.4 is 5.32 Å². The average molecular weight is 337 g/mol. The second-order valence-electron chi connectivity index (χ2n) is 5.38. The zero-order chi connectivity index (χ0) is 16.6. The number of carboxylic acid groups (broad SMARTS) is 1. The molecule has 0 spiro atoms. The first kappa shape index (κ1) is 15.6. The van der Waals surface area contributed by atoms with Crippen LogP contribution in [0.5, 0.6) is 0 Å². The number of carboxylic acids is 1. The van der Waals surface area contributed by atoms with Crippen LogP contribution in [-0.4, -0.2) is 17.0 Å². The fourth-order valence-corrected chi connectivity index (χ4v) is 3.31. The smallest absolute Gasteiger partial charge is 0.345 e. The van der Waals surface area contributed by atoms with Gasteiger partial charge in [-0.15, -0.1) is 11.3 Å². The molecule has 23 heavy (non-hydrogen) atoms. The normalized spacial score (nSPS) is 19.4. The number of rotatable bonds is 5. The van der Waals surface area contributed by atoms with Crippen molar-refractivity contribution in [3.05, 3.63) is 57.3 Å². The highest BCUT2D eigenvalue weighted by molar-refractivity contribution is 7.13. The van der Waals surface area contributed by atoms with E-state index in [2.05, 4.69) is 5.32 Å². The predicted molar refractivity (Wildman–Crippen MR) is 80.3 cm³/mol. The van der Waals surface area contributed by atoms with Crippen LogP contribution in [0.1, 0.15) is 32.5 Å². The van der Waals surface area contributed by atoms with Crippen molar-refractivity contribution >= 4 is 23.2 Å². The molecule has 1 aliphatic rings. The standard InChI is InChI=1S/C16H13F2NO3S/c17-12-3-1-2-9(14(12)18)10-6-11(10)15(20)19-7-8-4-5-13(23-8)16(21)22/h1-5,10-11H,6-7H2,(H,19,20)(H,21,22). The Balaban J connectivity index is 1.58. The Hall–Kier alpha value is -2.28. The highest BCUT2D eigenvalue weighted by Crippen LogP contribution is 2.48. The maximum atomic E-state index is 13.7. The fourth-order valence-electron chi connectivity index (χ4n) is 2.53. The van der Waals surface area contributed by atoms with Gasteiger partial charge in [-0.05, 0) is 36.1 Å². The van der Waals surface area contributed by atoms with Crippen LogP contribution in [0.4, 0.5) is 8.78 Å². The molecular formula is C16H13F2NO3S. The second kappa shape index (κ2) is 6.08. The van der Waals surface area contributed by atoms with Crippen molar-refractivity contribution in [1.82, 2.24) is 5.32 Å². The molecule has 2 unspecified atom stereocenters. The minimum Gasteiger partial charge on any atom is -0.477 e. The van der Waals surface area contributed by atoms with Gasteiger partial charge < -0.3 is 10.4 Å². The van der Waals surface area contributed by atoms with E-state index in [-0.39, 0.29) is 34.7 Å². The molecule has 1 aromatic heterocycles. The third-order valence-electron chi connectivity index (χ3n) is 3.82. The number of carbonyl (C=O) groups is 2. The van der Waals surface area contributed by atoms with Crippen LogP contribution in [0.25, 0.3) is 0 Å². The molecule has 3 rings (SSSR count). The Bertz CT molecular complexity index is 774. The van der Waals surface area contributed by atoms with Gasteiger partial charge in [0.1, 0.15) is 4.88 Å². The second-order valence-corrected chi connectivity index (χ2v) is 6.55. The first-order valence-electron chi connectivity index (χ1n) is 7.01. The monoisotopic (exact) mass is 337 g/mol. The number of thiophene rings is 1. The lowest BCUT2D eigenvalue weighted by Crippen LogP contribution is -2.24. The highest BCUT2D eigenvalue weighted by atomic mass is 32.1. The van der Waals surface area contributed by atoms with Crippen LogP contribution >= 0.6 is 11.3 Å². The van der Waals surface area contributed by atoms with Gasteiger partial charge in [-0.3, -0.25) is 4.79 Å². The first-order valence-corrected chi connectivity index (χ1v) is 7.82. The van der Waals surface area contributed by atoms with E-state index in [1.54, 1.807) is 6.07 Å². The molecule has 0 radical (unpaired) electrons. The van der Waals surface area contributed by atoms with E-state index in [0.29, 0.717) is 6.42 Å². The van der Waals surface area contributed by atoms with E-state index in [1.807, 2.05) is 0 Å². The van der Waals surface area contributed by atoms with Crippen molar-refractivity contribution < 1.29 is 23.5 Å². The maximum Gasteiger partial charge on any atom is 0.345 e. The number of nitrogens with one attached hydrogen (secondary N) is 1. The van der Waals surface area contributed by atoms with Crippen molar-refractivity contribution in [3.8, 4) is 0 Å². The zero-order valence-corrected chi connectivity index (χ0v) is 12.7. The number of hydrogen-bond acceptors (Lipinski definition) is 3. The lowest BCUT2D eigenvalue weighted by atomic mass is 10.1. The van der Waals surface area contributed by atoms with Gasteiger partial charge in [0, 0.05) is 10.8 Å². The number of benzene rings is 1. The summed E-state index contributed by atoms with van der Waals surface area (Å²) < 4.78 is 26.9. The molecule has 1 amide bonds. The molecular weight excluding hydrogens is 324 g/mol. The Kier molecular flexibility index (Phi) is 4.12. The van der Waals surface area contributed by atoms with Gasteiger partial charge in [-0.2, -0.15) is 0 Å². The SMILES string of the molecule is O=C(O)c1ccc(CNC(=O)C2CC2c2cccc(F)c2F)s1. The molecule has 120 valence electrons. The summed E-state index contributed by atoms with van der Waals surface area (Å²) in [5.74, 6) is -3.71. The van der Waals surface area contributed by atoms with Crippen molar-refractivity contribution in [2.75, 3.05) is 0 Å². The zero-order valence-electron chi connectivity index (χ0n) is 11.9. The minimum absolute atomic E-state index is 0.209. The van der Waals surface area contributed by atoms with E-state index in [4.69, 9.17) is 5.11 Å². The topological polar surface area (TPSA) is 66.4 Å². The van der Waals surface area contributed by atoms with Gasteiger partial charge in [0.15, 0.2) is 11.6 Å². The Labute approximate surface area is 134 Å². The van der Waals surface area contributed by atoms with E-state index >= 15 is 0 Å². The molecule has 4 nitrogen and oxygen atoms in total. The number of carbonyl (C=O) groups excluding carboxylic acids is 1. The largest absolute Gasteiger partial charge is 0.477 e. The minimum atomic E-state index is -1.00. The molecule has 1 aliphatic carbocycles. The predicted octanol–water partition coefficient (Wildman–Crippen LogP) is 3.14. The number of halogens is 2. The summed E-state index contributed by atoms with van der Waals surface area (Å²) in [5.41, 5.74) is 0.231. The molecule has 2 atom stereocenters. The van der Waals surface area contributed by atoms with Gasteiger partial charge in [0.25, 0.3) is 0 Å². The molecule has 0 bridgehead atoms. The van der Waals surface area contributed by atoms with E-state index in [1.165, 1.54) is 18.2 Å². The Morgan fingerprint density at radius 2 is 2.04 bits per heavy atom. The fraction of sp³-hybridized carbons (Fsp3) is 0.250. The summed E-state index contributed by atoms with van der Waals surface area (Å²) in [5, 5.41) is 11.5. The van der Waals surface area contributed by atoms with E-state index < -0.39 is 17.6 Å². The van der Waals surface area contributed by atoms with Crippen LogP contribution in [0.2, 0.25) is 0 Å². The lowest BCUT2D eigenvalue weighted by Gasteiger charge is -2.05. The van der Waals surface area contributed by atoms with Crippen LogP contribution in [-0.2, 0) is 11.3 Å². The number of amides is 1. The van der Waals surface area contributed by atoms with Gasteiger partial charge in [0.2, 0.25) is 5.91 Å². The Morgan fingerprint density at radius 3 is 2.74 bits per heavy atom. The summed E-state index contributed by atoms with van der Waals surface area (Å²) in [6.07, 6.45) is 0.483. The molecule has 1 heterocycles. The summed E-state index contributed by atoms with van der Waals surface area (Å²) in [6.45, 7) is 0.228. The summed E-state index contributed by atoms with van der Waals surface area (Å²) in [6, 6.07) is 7.10. The third kappa shape index (κ3) is 3.24. The average Bonchev–Trinajstić information content (AvgIpc) is 3.16. The third-order valence-corrected chi connectivity index (χ3v) is 4.89. The van der Waals surface area contributed by atoms with Crippen molar-refractivity contribution in [2.45, 2.75) is 18.9 Å². The van der Waals surface area contributed by atoms with Crippen molar-refractivity contribution in [3.63, 3.8) is 0 Å². The first-order chi connectivity index (χ1) is 11.0. The maximum absolute atomic E-state index is 13.7. The van der Waals surface area contributed by atoms with Crippen LogP contribution in [0, 0.1) is 17.6 Å². The van der Waals surface area contributed by atoms with Gasteiger partial charge >= 0.3 is 5.97 Å². The van der Waals surface area contributed by atoms with Crippen molar-refractivity contribution in [1.29, 1.82) is 0 Å².